The molecule has 0 saturated carbocycles. The van der Waals surface area contributed by atoms with E-state index in [9.17, 15) is 13.2 Å². The molecule has 0 spiro atoms. The molecular formula is C33H36N2O3S. The zero-order valence-electron chi connectivity index (χ0n) is 22.6. The Morgan fingerprint density at radius 1 is 0.692 bits per heavy atom. The number of amides is 1. The fourth-order valence-corrected chi connectivity index (χ4v) is 5.43. The van der Waals surface area contributed by atoms with Gasteiger partial charge in [0.1, 0.15) is 0 Å². The Morgan fingerprint density at radius 3 is 1.79 bits per heavy atom. The molecule has 0 aliphatic rings. The van der Waals surface area contributed by atoms with Crippen LogP contribution in [0.15, 0.2) is 108 Å². The molecule has 4 aromatic rings. The predicted octanol–water partition coefficient (Wildman–Crippen LogP) is 6.74. The first kappa shape index (κ1) is 28.3. The van der Waals surface area contributed by atoms with Gasteiger partial charge in [0.2, 0.25) is 5.91 Å². The minimum atomic E-state index is -3.24. The molecule has 0 fully saturated rings. The highest BCUT2D eigenvalue weighted by molar-refractivity contribution is 7.91. The van der Waals surface area contributed by atoms with E-state index in [4.69, 9.17) is 0 Å². The molecule has 202 valence electrons. The van der Waals surface area contributed by atoms with Gasteiger partial charge in [0.05, 0.1) is 17.1 Å². The average Bonchev–Trinajstić information content (AvgIpc) is 2.95. The highest BCUT2D eigenvalue weighted by Gasteiger charge is 2.12. The fraction of sp³-hybridized carbons (Fsp3) is 0.242. The molecule has 4 aromatic carbocycles. The number of nitrogens with zero attached hydrogens (tertiary/aromatic N) is 1. The molecule has 0 saturated heterocycles. The van der Waals surface area contributed by atoms with E-state index in [0.29, 0.717) is 0 Å². The summed E-state index contributed by atoms with van der Waals surface area (Å²) in [6, 6.07) is 33.7. The van der Waals surface area contributed by atoms with Crippen LogP contribution in [-0.2, 0) is 34.1 Å². The van der Waals surface area contributed by atoms with E-state index in [0.717, 1.165) is 37.3 Å². The van der Waals surface area contributed by atoms with Crippen LogP contribution in [0, 0.1) is 0 Å². The number of carbonyl (C=O) groups excluding carboxylic acids is 1. The van der Waals surface area contributed by atoms with Gasteiger partial charge in [0.15, 0.2) is 9.84 Å². The summed E-state index contributed by atoms with van der Waals surface area (Å²) in [7, 11) is -3.24. The van der Waals surface area contributed by atoms with Crippen molar-refractivity contribution in [1.29, 1.82) is 0 Å². The highest BCUT2D eigenvalue weighted by atomic mass is 32.2. The first-order valence-electron chi connectivity index (χ1n) is 13.4. The topological polar surface area (TPSA) is 66.5 Å². The van der Waals surface area contributed by atoms with E-state index < -0.39 is 9.84 Å². The van der Waals surface area contributed by atoms with Gasteiger partial charge in [-0.3, -0.25) is 9.69 Å². The number of nitrogens with one attached hydrogen (secondary N) is 1. The van der Waals surface area contributed by atoms with Crippen LogP contribution in [0.2, 0.25) is 0 Å². The average molecular weight is 541 g/mol. The monoisotopic (exact) mass is 540 g/mol. The van der Waals surface area contributed by atoms with Crippen LogP contribution in [0.25, 0.3) is 11.1 Å². The third kappa shape index (κ3) is 8.12. The first-order chi connectivity index (χ1) is 18.9. The normalized spacial score (nSPS) is 11.5. The van der Waals surface area contributed by atoms with Gasteiger partial charge in [-0.1, -0.05) is 92.7 Å². The fourth-order valence-electron chi connectivity index (χ4n) is 4.55. The van der Waals surface area contributed by atoms with Crippen molar-refractivity contribution < 1.29 is 13.2 Å². The second kappa shape index (κ2) is 13.4. The van der Waals surface area contributed by atoms with Crippen molar-refractivity contribution in [3.63, 3.8) is 0 Å². The molecule has 0 aliphatic heterocycles. The van der Waals surface area contributed by atoms with Gasteiger partial charge in [-0.05, 0) is 65.0 Å². The summed E-state index contributed by atoms with van der Waals surface area (Å²) in [6.45, 7) is 6.51. The van der Waals surface area contributed by atoms with Crippen molar-refractivity contribution >= 4 is 21.4 Å². The maximum absolute atomic E-state index is 12.5. The van der Waals surface area contributed by atoms with Gasteiger partial charge in [0, 0.05) is 18.8 Å². The van der Waals surface area contributed by atoms with E-state index in [1.54, 1.807) is 31.2 Å². The summed E-state index contributed by atoms with van der Waals surface area (Å²) < 4.78 is 24.0. The Morgan fingerprint density at radius 2 is 1.23 bits per heavy atom. The maximum Gasteiger partial charge on any atom is 0.228 e. The molecular weight excluding hydrogens is 504 g/mol. The van der Waals surface area contributed by atoms with Gasteiger partial charge in [0.25, 0.3) is 0 Å². The zero-order chi connectivity index (χ0) is 27.7. The Balaban J connectivity index is 1.31. The summed E-state index contributed by atoms with van der Waals surface area (Å²) in [6.07, 6.45) is 1.25. The van der Waals surface area contributed by atoms with E-state index in [1.807, 2.05) is 18.2 Å². The van der Waals surface area contributed by atoms with Crippen LogP contribution in [0.5, 0.6) is 0 Å². The SMILES string of the molecule is CCCN(Cc1ccc(NC(=O)Cc2ccc(S(=O)(=O)CC)cc2)cc1)Cc1ccc(-c2ccccc2)cc1. The Labute approximate surface area is 232 Å². The van der Waals surface area contributed by atoms with Crippen LogP contribution in [0.1, 0.15) is 37.0 Å². The molecule has 0 aliphatic carbocycles. The van der Waals surface area contributed by atoms with Crippen LogP contribution < -0.4 is 5.32 Å². The molecule has 6 heteroatoms. The molecule has 5 nitrogen and oxygen atoms in total. The highest BCUT2D eigenvalue weighted by Crippen LogP contribution is 2.21. The molecule has 0 radical (unpaired) electrons. The Kier molecular flexibility index (Phi) is 9.69. The van der Waals surface area contributed by atoms with Gasteiger partial charge in [-0.25, -0.2) is 8.42 Å². The summed E-state index contributed by atoms with van der Waals surface area (Å²) in [4.78, 5) is 15.3. The number of anilines is 1. The standard InChI is InChI=1S/C33H36N2O3S/c1-3-22-35(24-27-10-16-30(17-11-27)29-8-6-5-7-9-29)25-28-12-18-31(19-13-28)34-33(36)23-26-14-20-32(21-15-26)39(37,38)4-2/h5-21H,3-4,22-25H2,1-2H3,(H,34,36). The third-order valence-electron chi connectivity index (χ3n) is 6.68. The molecule has 0 unspecified atom stereocenters. The maximum atomic E-state index is 12.5. The van der Waals surface area contributed by atoms with Crippen molar-refractivity contribution in [2.75, 3.05) is 17.6 Å². The summed E-state index contributed by atoms with van der Waals surface area (Å²) in [5.41, 5.74) is 6.43. The van der Waals surface area contributed by atoms with Crippen molar-refractivity contribution in [2.24, 2.45) is 0 Å². The lowest BCUT2D eigenvalue weighted by Crippen LogP contribution is -2.23. The van der Waals surface area contributed by atoms with Crippen LogP contribution >= 0.6 is 0 Å². The minimum absolute atomic E-state index is 0.0564. The minimum Gasteiger partial charge on any atom is -0.326 e. The molecule has 0 bridgehead atoms. The second-order valence-electron chi connectivity index (χ2n) is 9.74. The van der Waals surface area contributed by atoms with Gasteiger partial charge in [-0.15, -0.1) is 0 Å². The molecule has 0 atom stereocenters. The smallest absolute Gasteiger partial charge is 0.228 e. The number of carbonyl (C=O) groups is 1. The van der Waals surface area contributed by atoms with Gasteiger partial charge < -0.3 is 5.32 Å². The van der Waals surface area contributed by atoms with E-state index in [1.165, 1.54) is 22.3 Å². The van der Waals surface area contributed by atoms with Crippen molar-refractivity contribution in [2.45, 2.75) is 44.7 Å². The predicted molar refractivity (Wildman–Crippen MR) is 159 cm³/mol. The number of benzene rings is 4. The third-order valence-corrected chi connectivity index (χ3v) is 8.43. The van der Waals surface area contributed by atoms with Crippen molar-refractivity contribution in [1.82, 2.24) is 4.90 Å². The largest absolute Gasteiger partial charge is 0.326 e. The number of hydrogen-bond acceptors (Lipinski definition) is 4. The Hall–Kier alpha value is -3.74. The summed E-state index contributed by atoms with van der Waals surface area (Å²) in [5.74, 6) is -0.0821. The van der Waals surface area contributed by atoms with Crippen LogP contribution in [0.3, 0.4) is 0 Å². The lowest BCUT2D eigenvalue weighted by Gasteiger charge is -2.22. The van der Waals surface area contributed by atoms with Crippen LogP contribution in [-0.4, -0.2) is 31.5 Å². The summed E-state index contributed by atoms with van der Waals surface area (Å²) >= 11 is 0. The van der Waals surface area contributed by atoms with Crippen LogP contribution in [0.4, 0.5) is 5.69 Å². The molecule has 1 amide bonds. The lowest BCUT2D eigenvalue weighted by molar-refractivity contribution is -0.115. The quantitative estimate of drug-likeness (QED) is 0.216. The molecule has 0 heterocycles. The van der Waals surface area contributed by atoms with Crippen molar-refractivity contribution in [3.8, 4) is 11.1 Å². The van der Waals surface area contributed by atoms with Gasteiger partial charge in [-0.2, -0.15) is 0 Å². The van der Waals surface area contributed by atoms with Crippen molar-refractivity contribution in [3.05, 3.63) is 120 Å². The number of hydrogen-bond donors (Lipinski definition) is 1. The molecule has 0 aromatic heterocycles. The lowest BCUT2D eigenvalue weighted by atomic mass is 10.0. The zero-order valence-corrected chi connectivity index (χ0v) is 23.5. The number of sulfone groups is 1. The second-order valence-corrected chi connectivity index (χ2v) is 12.0. The van der Waals surface area contributed by atoms with E-state index >= 15 is 0 Å². The summed E-state index contributed by atoms with van der Waals surface area (Å²) in [5, 5.41) is 2.94. The molecule has 1 N–H and O–H groups in total. The van der Waals surface area contributed by atoms with E-state index in [2.05, 4.69) is 77.8 Å². The Bertz CT molecular complexity index is 1450. The van der Waals surface area contributed by atoms with E-state index in [-0.39, 0.29) is 23.0 Å². The van der Waals surface area contributed by atoms with Gasteiger partial charge >= 0.3 is 0 Å². The number of rotatable bonds is 12. The molecule has 39 heavy (non-hydrogen) atoms. The first-order valence-corrected chi connectivity index (χ1v) is 15.1. The molecule has 4 rings (SSSR count).